The number of nitrogens with one attached hydrogen (secondary N) is 1. The highest BCUT2D eigenvalue weighted by Gasteiger charge is 2.16. The molecule has 1 N–H and O–H groups in total. The molecule has 0 aliphatic rings. The molecular weight excluding hydrogens is 312 g/mol. The van der Waals surface area contributed by atoms with E-state index < -0.39 is 11.6 Å². The molecule has 0 spiro atoms. The van der Waals surface area contributed by atoms with Crippen molar-refractivity contribution < 1.29 is 13.6 Å². The summed E-state index contributed by atoms with van der Waals surface area (Å²) in [5.74, 6) is -1.51. The van der Waals surface area contributed by atoms with E-state index in [1.807, 2.05) is 13.8 Å². The molecule has 1 aromatic heterocycles. The highest BCUT2D eigenvalue weighted by molar-refractivity contribution is 5.92. The fourth-order valence-electron chi connectivity index (χ4n) is 2.37. The summed E-state index contributed by atoms with van der Waals surface area (Å²) in [4.78, 5) is 18.3. The zero-order chi connectivity index (χ0) is 17.5. The van der Waals surface area contributed by atoms with E-state index >= 15 is 0 Å². The van der Waals surface area contributed by atoms with Crippen molar-refractivity contribution in [2.24, 2.45) is 0 Å². The lowest BCUT2D eigenvalue weighted by Gasteiger charge is -2.21. The summed E-state index contributed by atoms with van der Waals surface area (Å²) in [5.41, 5.74) is 0.488. The lowest BCUT2D eigenvalue weighted by molar-refractivity contribution is 0.0749. The lowest BCUT2D eigenvalue weighted by Crippen LogP contribution is -2.33. The predicted octanol–water partition coefficient (Wildman–Crippen LogP) is 4.37. The molecule has 0 fully saturated rings. The van der Waals surface area contributed by atoms with Gasteiger partial charge in [-0.3, -0.25) is 4.79 Å². The molecule has 0 aliphatic heterocycles. The topological polar surface area (TPSA) is 45.2 Å². The summed E-state index contributed by atoms with van der Waals surface area (Å²) < 4.78 is 27.3. The number of halogens is 2. The predicted molar refractivity (Wildman–Crippen MR) is 90.4 cm³/mol. The van der Waals surface area contributed by atoms with E-state index in [0.29, 0.717) is 24.5 Å². The first-order valence-electron chi connectivity index (χ1n) is 8.03. The number of amides is 1. The minimum atomic E-state index is -0.688. The maximum atomic E-state index is 13.6. The molecule has 0 atom stereocenters. The van der Waals surface area contributed by atoms with Gasteiger partial charge in [0, 0.05) is 13.1 Å². The van der Waals surface area contributed by atoms with Crippen LogP contribution in [-0.4, -0.2) is 28.9 Å². The third-order valence-corrected chi connectivity index (χ3v) is 3.49. The summed E-state index contributed by atoms with van der Waals surface area (Å²) in [5, 5.41) is 2.65. The van der Waals surface area contributed by atoms with E-state index in [0.717, 1.165) is 12.8 Å². The van der Waals surface area contributed by atoms with Crippen molar-refractivity contribution in [3.05, 3.63) is 53.9 Å². The van der Waals surface area contributed by atoms with Gasteiger partial charge in [-0.25, -0.2) is 13.8 Å². The number of nitrogens with zero attached hydrogens (tertiary/aromatic N) is 2. The van der Waals surface area contributed by atoms with Gasteiger partial charge in [0.1, 0.15) is 23.0 Å². The van der Waals surface area contributed by atoms with Gasteiger partial charge in [-0.15, -0.1) is 0 Å². The molecule has 0 aliphatic carbocycles. The number of para-hydroxylation sites is 1. The largest absolute Gasteiger partial charge is 0.349 e. The molecular formula is C18H21F2N3O. The summed E-state index contributed by atoms with van der Waals surface area (Å²) in [6.45, 7) is 5.38. The molecule has 0 saturated carbocycles. The zero-order valence-corrected chi connectivity index (χ0v) is 13.9. The number of rotatable bonds is 7. The molecule has 1 heterocycles. The van der Waals surface area contributed by atoms with Gasteiger partial charge in [-0.1, -0.05) is 19.9 Å². The maximum Gasteiger partial charge on any atom is 0.272 e. The Morgan fingerprint density at radius 3 is 2.21 bits per heavy atom. The van der Waals surface area contributed by atoms with Crippen molar-refractivity contribution >= 4 is 17.3 Å². The summed E-state index contributed by atoms with van der Waals surface area (Å²) in [6.07, 6.45) is 3.14. The Labute approximate surface area is 140 Å². The number of carbonyl (C=O) groups excluding carboxylic acids is 1. The number of carbonyl (C=O) groups is 1. The molecule has 0 unspecified atom stereocenters. The minimum absolute atomic E-state index is 0.137. The van der Waals surface area contributed by atoms with Crippen LogP contribution in [0.5, 0.6) is 0 Å². The van der Waals surface area contributed by atoms with E-state index in [1.54, 1.807) is 17.0 Å². The smallest absolute Gasteiger partial charge is 0.272 e. The number of benzene rings is 1. The first-order chi connectivity index (χ1) is 11.6. The SMILES string of the molecule is CCCN(CCC)C(=O)c1ccc(Nc2c(F)cccc2F)cn1. The fourth-order valence-corrected chi connectivity index (χ4v) is 2.37. The standard InChI is InChI=1S/C18H21F2N3O/c1-3-10-23(11-4-2)18(24)16-9-8-13(12-21-16)22-17-14(19)6-5-7-15(17)20/h5-9,12,22H,3-4,10-11H2,1-2H3. The van der Waals surface area contributed by atoms with Crippen molar-refractivity contribution in [1.29, 1.82) is 0 Å². The van der Waals surface area contributed by atoms with Gasteiger partial charge in [-0.05, 0) is 37.1 Å². The van der Waals surface area contributed by atoms with Crippen LogP contribution in [0.3, 0.4) is 0 Å². The zero-order valence-electron chi connectivity index (χ0n) is 13.9. The summed E-state index contributed by atoms with van der Waals surface area (Å²) >= 11 is 0. The molecule has 0 radical (unpaired) electrons. The first-order valence-corrected chi connectivity index (χ1v) is 8.03. The summed E-state index contributed by atoms with van der Waals surface area (Å²) in [7, 11) is 0. The molecule has 6 heteroatoms. The maximum absolute atomic E-state index is 13.6. The Bertz CT molecular complexity index is 663. The Kier molecular flexibility index (Phi) is 6.23. The minimum Gasteiger partial charge on any atom is -0.349 e. The highest BCUT2D eigenvalue weighted by Crippen LogP contribution is 2.22. The van der Waals surface area contributed by atoms with Crippen molar-refractivity contribution in [3.8, 4) is 0 Å². The molecule has 4 nitrogen and oxygen atoms in total. The third kappa shape index (κ3) is 4.28. The quantitative estimate of drug-likeness (QED) is 0.818. The molecule has 1 aromatic carbocycles. The van der Waals surface area contributed by atoms with E-state index in [1.165, 1.54) is 24.4 Å². The molecule has 128 valence electrons. The van der Waals surface area contributed by atoms with Crippen molar-refractivity contribution in [2.75, 3.05) is 18.4 Å². The van der Waals surface area contributed by atoms with Gasteiger partial charge >= 0.3 is 0 Å². The van der Waals surface area contributed by atoms with Gasteiger partial charge in [0.25, 0.3) is 5.91 Å². The second-order valence-electron chi connectivity index (χ2n) is 5.45. The van der Waals surface area contributed by atoms with Crippen LogP contribution in [0.25, 0.3) is 0 Å². The Balaban J connectivity index is 2.14. The average molecular weight is 333 g/mol. The number of aromatic nitrogens is 1. The van der Waals surface area contributed by atoms with E-state index in [-0.39, 0.29) is 11.6 Å². The van der Waals surface area contributed by atoms with Crippen LogP contribution in [0, 0.1) is 11.6 Å². The van der Waals surface area contributed by atoms with Crippen LogP contribution < -0.4 is 5.32 Å². The van der Waals surface area contributed by atoms with Gasteiger partial charge < -0.3 is 10.2 Å². The summed E-state index contributed by atoms with van der Waals surface area (Å²) in [6, 6.07) is 6.78. The van der Waals surface area contributed by atoms with Crippen LogP contribution in [0.4, 0.5) is 20.2 Å². The number of anilines is 2. The lowest BCUT2D eigenvalue weighted by atomic mass is 10.2. The molecule has 2 rings (SSSR count). The van der Waals surface area contributed by atoms with Crippen molar-refractivity contribution in [1.82, 2.24) is 9.88 Å². The number of pyridine rings is 1. The molecule has 1 amide bonds. The fraction of sp³-hybridized carbons (Fsp3) is 0.333. The third-order valence-electron chi connectivity index (χ3n) is 3.49. The van der Waals surface area contributed by atoms with Crippen LogP contribution >= 0.6 is 0 Å². The van der Waals surface area contributed by atoms with Crippen LogP contribution in [0.15, 0.2) is 36.5 Å². The first kappa shape index (κ1) is 17.8. The Morgan fingerprint density at radius 2 is 1.71 bits per heavy atom. The van der Waals surface area contributed by atoms with Gasteiger partial charge in [0.2, 0.25) is 0 Å². The number of hydrogen-bond donors (Lipinski definition) is 1. The second-order valence-corrected chi connectivity index (χ2v) is 5.45. The van der Waals surface area contributed by atoms with E-state index in [9.17, 15) is 13.6 Å². The van der Waals surface area contributed by atoms with E-state index in [2.05, 4.69) is 10.3 Å². The molecule has 24 heavy (non-hydrogen) atoms. The van der Waals surface area contributed by atoms with Crippen LogP contribution in [0.2, 0.25) is 0 Å². The Morgan fingerprint density at radius 1 is 1.08 bits per heavy atom. The highest BCUT2D eigenvalue weighted by atomic mass is 19.1. The monoisotopic (exact) mass is 333 g/mol. The van der Waals surface area contributed by atoms with Gasteiger partial charge in [0.05, 0.1) is 11.9 Å². The Hall–Kier alpha value is -2.50. The molecule has 0 saturated heterocycles. The van der Waals surface area contributed by atoms with Gasteiger partial charge in [0.15, 0.2) is 0 Å². The second kappa shape index (κ2) is 8.38. The van der Waals surface area contributed by atoms with Crippen LogP contribution in [0.1, 0.15) is 37.2 Å². The normalized spacial score (nSPS) is 10.5. The van der Waals surface area contributed by atoms with E-state index in [4.69, 9.17) is 0 Å². The molecule has 2 aromatic rings. The average Bonchev–Trinajstić information content (AvgIpc) is 2.58. The van der Waals surface area contributed by atoms with Crippen LogP contribution in [-0.2, 0) is 0 Å². The van der Waals surface area contributed by atoms with Crippen molar-refractivity contribution in [3.63, 3.8) is 0 Å². The number of hydrogen-bond acceptors (Lipinski definition) is 3. The van der Waals surface area contributed by atoms with Gasteiger partial charge in [-0.2, -0.15) is 0 Å². The van der Waals surface area contributed by atoms with Crippen molar-refractivity contribution in [2.45, 2.75) is 26.7 Å². The molecule has 0 bridgehead atoms.